The summed E-state index contributed by atoms with van der Waals surface area (Å²) in [6.45, 7) is 2.18. The van der Waals surface area contributed by atoms with Crippen molar-refractivity contribution in [3.8, 4) is 0 Å². The summed E-state index contributed by atoms with van der Waals surface area (Å²) in [5, 5.41) is 0. The van der Waals surface area contributed by atoms with Crippen molar-refractivity contribution >= 4 is 11.9 Å². The van der Waals surface area contributed by atoms with E-state index in [-0.39, 0.29) is 0 Å². The van der Waals surface area contributed by atoms with Crippen LogP contribution in [-0.2, 0) is 38.3 Å². The Bertz CT molecular complexity index is 546. The molecule has 1 aromatic carbocycles. The van der Waals surface area contributed by atoms with Crippen LogP contribution in [0.5, 0.6) is 0 Å². The van der Waals surface area contributed by atoms with Gasteiger partial charge in [0.2, 0.25) is 0 Å². The second-order valence-corrected chi connectivity index (χ2v) is 5.98. The number of fused-ring (bicyclic) bond motifs is 1. The smallest absolute Gasteiger partial charge is 0.323 e. The molecule has 1 aliphatic rings. The minimum atomic E-state index is -1.21. The largest absolute Gasteiger partial charge is 0.468 e. The van der Waals surface area contributed by atoms with Gasteiger partial charge in [-0.15, -0.1) is 0 Å². The lowest BCUT2D eigenvalue weighted by atomic mass is 9.85. The molecule has 1 aliphatic carbocycles. The number of benzene rings is 1. The summed E-state index contributed by atoms with van der Waals surface area (Å²) in [6, 6.07) is 6.25. The Morgan fingerprint density at radius 2 is 1.68 bits per heavy atom. The van der Waals surface area contributed by atoms with Gasteiger partial charge in [-0.25, -0.2) is 0 Å². The third kappa shape index (κ3) is 3.01. The molecule has 0 saturated carbocycles. The predicted molar refractivity (Wildman–Crippen MR) is 83.5 cm³/mol. The molecular formula is C18H24O4. The number of hydrogen-bond acceptors (Lipinski definition) is 4. The molecule has 0 N–H and O–H groups in total. The molecule has 0 radical (unpaired) electrons. The van der Waals surface area contributed by atoms with Crippen molar-refractivity contribution in [2.45, 2.75) is 45.4 Å². The highest BCUT2D eigenvalue weighted by atomic mass is 16.5. The maximum Gasteiger partial charge on any atom is 0.323 e. The van der Waals surface area contributed by atoms with Crippen molar-refractivity contribution in [1.82, 2.24) is 0 Å². The Morgan fingerprint density at radius 1 is 1.05 bits per heavy atom. The fraction of sp³-hybridized carbons (Fsp3) is 0.556. The van der Waals surface area contributed by atoms with Gasteiger partial charge in [0.05, 0.1) is 14.2 Å². The van der Waals surface area contributed by atoms with Gasteiger partial charge in [-0.2, -0.15) is 0 Å². The monoisotopic (exact) mass is 304 g/mol. The standard InChI is InChI=1S/C18H24O4/c1-4-5-6-7-13-8-9-14-11-18(16(19)21-2,17(20)22-3)12-15(14)10-13/h8-10H,4-7,11-12H2,1-3H3. The first-order valence-corrected chi connectivity index (χ1v) is 7.85. The van der Waals surface area contributed by atoms with Crippen molar-refractivity contribution < 1.29 is 19.1 Å². The zero-order valence-corrected chi connectivity index (χ0v) is 13.6. The molecule has 0 atom stereocenters. The summed E-state index contributed by atoms with van der Waals surface area (Å²) in [6.07, 6.45) is 5.32. The number of carbonyl (C=O) groups excluding carboxylic acids is 2. The number of methoxy groups -OCH3 is 2. The lowest BCUT2D eigenvalue weighted by Gasteiger charge is -2.22. The zero-order valence-electron chi connectivity index (χ0n) is 13.6. The van der Waals surface area contributed by atoms with Gasteiger partial charge in [-0.05, 0) is 42.4 Å². The van der Waals surface area contributed by atoms with E-state index in [2.05, 4.69) is 19.1 Å². The van der Waals surface area contributed by atoms with Crippen LogP contribution in [-0.4, -0.2) is 26.2 Å². The topological polar surface area (TPSA) is 52.6 Å². The summed E-state index contributed by atoms with van der Waals surface area (Å²) in [4.78, 5) is 24.4. The number of unbranched alkanes of at least 4 members (excludes halogenated alkanes) is 2. The number of esters is 2. The molecule has 0 amide bonds. The molecule has 0 aromatic heterocycles. The van der Waals surface area contributed by atoms with Crippen LogP contribution >= 0.6 is 0 Å². The average molecular weight is 304 g/mol. The number of carbonyl (C=O) groups is 2. The Morgan fingerprint density at radius 3 is 2.27 bits per heavy atom. The SMILES string of the molecule is CCCCCc1ccc2c(c1)CC(C(=O)OC)(C(=O)OC)C2. The quantitative estimate of drug-likeness (QED) is 0.461. The molecular weight excluding hydrogens is 280 g/mol. The van der Waals surface area contributed by atoms with Crippen LogP contribution in [0.3, 0.4) is 0 Å². The molecule has 0 bridgehead atoms. The van der Waals surface area contributed by atoms with Gasteiger partial charge in [-0.1, -0.05) is 38.0 Å². The van der Waals surface area contributed by atoms with Crippen LogP contribution in [0.15, 0.2) is 18.2 Å². The Kier molecular flexibility index (Phi) is 5.22. The van der Waals surface area contributed by atoms with Crippen molar-refractivity contribution in [3.05, 3.63) is 34.9 Å². The van der Waals surface area contributed by atoms with Crippen molar-refractivity contribution in [3.63, 3.8) is 0 Å². The van der Waals surface area contributed by atoms with Crippen LogP contribution in [0.2, 0.25) is 0 Å². The molecule has 0 aliphatic heterocycles. The molecule has 22 heavy (non-hydrogen) atoms. The Balaban J connectivity index is 2.23. The van der Waals surface area contributed by atoms with Crippen LogP contribution < -0.4 is 0 Å². The minimum Gasteiger partial charge on any atom is -0.468 e. The van der Waals surface area contributed by atoms with Crippen LogP contribution in [0, 0.1) is 5.41 Å². The summed E-state index contributed by atoms with van der Waals surface area (Å²) in [5.74, 6) is -1.02. The van der Waals surface area contributed by atoms with E-state index < -0.39 is 17.4 Å². The van der Waals surface area contributed by atoms with Gasteiger partial charge < -0.3 is 9.47 Å². The Labute approximate surface area is 131 Å². The highest BCUT2D eigenvalue weighted by Gasteiger charge is 2.52. The number of aryl methyl sites for hydroxylation is 1. The first-order chi connectivity index (χ1) is 10.6. The summed E-state index contributed by atoms with van der Waals surface area (Å²) < 4.78 is 9.72. The van der Waals surface area contributed by atoms with E-state index in [1.807, 2.05) is 6.07 Å². The van der Waals surface area contributed by atoms with Crippen LogP contribution in [0.25, 0.3) is 0 Å². The molecule has 4 heteroatoms. The normalized spacial score (nSPS) is 15.2. The lowest BCUT2D eigenvalue weighted by Crippen LogP contribution is -2.42. The number of hydrogen-bond donors (Lipinski definition) is 0. The molecule has 4 nitrogen and oxygen atoms in total. The summed E-state index contributed by atoms with van der Waals surface area (Å²) >= 11 is 0. The van der Waals surface area contributed by atoms with Crippen molar-refractivity contribution in [2.24, 2.45) is 5.41 Å². The summed E-state index contributed by atoms with van der Waals surface area (Å²) in [5.41, 5.74) is 2.14. The minimum absolute atomic E-state index is 0.358. The first-order valence-electron chi connectivity index (χ1n) is 7.85. The van der Waals surface area contributed by atoms with E-state index in [0.717, 1.165) is 24.0 Å². The second kappa shape index (κ2) is 6.95. The maximum atomic E-state index is 12.2. The van der Waals surface area contributed by atoms with Crippen molar-refractivity contribution in [2.75, 3.05) is 14.2 Å². The molecule has 2 rings (SSSR count). The van der Waals surface area contributed by atoms with Gasteiger partial charge in [-0.3, -0.25) is 9.59 Å². The van der Waals surface area contributed by atoms with Gasteiger partial charge in [0, 0.05) is 0 Å². The second-order valence-electron chi connectivity index (χ2n) is 5.98. The van der Waals surface area contributed by atoms with E-state index in [1.54, 1.807) is 0 Å². The van der Waals surface area contributed by atoms with Gasteiger partial charge >= 0.3 is 11.9 Å². The number of ether oxygens (including phenoxy) is 2. The van der Waals surface area contributed by atoms with Crippen LogP contribution in [0.4, 0.5) is 0 Å². The van der Waals surface area contributed by atoms with E-state index in [0.29, 0.717) is 12.8 Å². The molecule has 0 unspecified atom stereocenters. The van der Waals surface area contributed by atoms with Gasteiger partial charge in [0.15, 0.2) is 5.41 Å². The van der Waals surface area contributed by atoms with E-state index in [9.17, 15) is 9.59 Å². The molecule has 0 fully saturated rings. The zero-order chi connectivity index (χ0) is 16.2. The maximum absolute atomic E-state index is 12.2. The molecule has 0 spiro atoms. The molecule has 120 valence electrons. The van der Waals surface area contributed by atoms with E-state index in [4.69, 9.17) is 9.47 Å². The summed E-state index contributed by atoms with van der Waals surface area (Å²) in [7, 11) is 2.62. The van der Waals surface area contributed by atoms with E-state index >= 15 is 0 Å². The molecule has 0 heterocycles. The first kappa shape index (κ1) is 16.5. The predicted octanol–water partition coefficient (Wildman–Crippen LogP) is 2.85. The third-order valence-electron chi connectivity index (χ3n) is 4.48. The van der Waals surface area contributed by atoms with Crippen LogP contribution in [0.1, 0.15) is 42.9 Å². The fourth-order valence-electron chi connectivity index (χ4n) is 3.23. The average Bonchev–Trinajstić information content (AvgIpc) is 2.93. The van der Waals surface area contributed by atoms with Gasteiger partial charge in [0.1, 0.15) is 0 Å². The molecule has 1 aromatic rings. The highest BCUT2D eigenvalue weighted by molar-refractivity contribution is 6.01. The lowest BCUT2D eigenvalue weighted by molar-refractivity contribution is -0.168. The van der Waals surface area contributed by atoms with Crippen molar-refractivity contribution in [1.29, 1.82) is 0 Å². The third-order valence-corrected chi connectivity index (χ3v) is 4.48. The Hall–Kier alpha value is -1.84. The molecule has 0 saturated heterocycles. The highest BCUT2D eigenvalue weighted by Crippen LogP contribution is 2.39. The van der Waals surface area contributed by atoms with E-state index in [1.165, 1.54) is 32.6 Å². The number of rotatable bonds is 6. The van der Waals surface area contributed by atoms with Gasteiger partial charge in [0.25, 0.3) is 0 Å². The fourth-order valence-corrected chi connectivity index (χ4v) is 3.23.